The smallest absolute Gasteiger partial charge is 0.341 e. The number of rotatable bonds is 4. The molecule has 0 radical (unpaired) electrons. The standard InChI is InChI=1S/C20H17NO4/c1-2-25-20(24)15-16(18(22)14-11-7-4-8-12-14)19(23)21-17(15)13-9-5-3-6-10-13/h3-12,22H,2H2,1H3,(H,21,23)/b18-16-. The average Bonchev–Trinajstić information content (AvgIpc) is 3.00. The first kappa shape index (κ1) is 16.5. The number of carbonyl (C=O) groups excluding carboxylic acids is 2. The Balaban J connectivity index is 2.22. The Labute approximate surface area is 145 Å². The van der Waals surface area contributed by atoms with E-state index in [9.17, 15) is 14.7 Å². The van der Waals surface area contributed by atoms with Crippen molar-refractivity contribution < 1.29 is 19.4 Å². The lowest BCUT2D eigenvalue weighted by Crippen LogP contribution is -2.17. The van der Waals surface area contributed by atoms with E-state index in [1.54, 1.807) is 61.5 Å². The van der Waals surface area contributed by atoms with Gasteiger partial charge in [0.05, 0.1) is 17.9 Å². The highest BCUT2D eigenvalue weighted by Gasteiger charge is 2.36. The van der Waals surface area contributed by atoms with Crippen molar-refractivity contribution >= 4 is 23.3 Å². The van der Waals surface area contributed by atoms with Crippen molar-refractivity contribution in [1.82, 2.24) is 5.32 Å². The van der Waals surface area contributed by atoms with Gasteiger partial charge in [-0.25, -0.2) is 4.79 Å². The lowest BCUT2D eigenvalue weighted by Gasteiger charge is -2.08. The number of hydrogen-bond donors (Lipinski definition) is 2. The molecule has 0 atom stereocenters. The van der Waals surface area contributed by atoms with Crippen LogP contribution in [0.4, 0.5) is 0 Å². The molecule has 1 amide bonds. The zero-order valence-electron chi connectivity index (χ0n) is 13.7. The number of carbonyl (C=O) groups is 2. The van der Waals surface area contributed by atoms with Crippen LogP contribution in [-0.4, -0.2) is 23.6 Å². The average molecular weight is 335 g/mol. The van der Waals surface area contributed by atoms with Crippen LogP contribution >= 0.6 is 0 Å². The first-order valence-corrected chi connectivity index (χ1v) is 7.90. The molecule has 0 fully saturated rings. The highest BCUT2D eigenvalue weighted by Crippen LogP contribution is 2.33. The van der Waals surface area contributed by atoms with Gasteiger partial charge in [0.25, 0.3) is 5.91 Å². The molecular formula is C20H17NO4. The lowest BCUT2D eigenvalue weighted by atomic mass is 9.99. The minimum Gasteiger partial charge on any atom is -0.506 e. The number of amides is 1. The van der Waals surface area contributed by atoms with Crippen LogP contribution in [0.3, 0.4) is 0 Å². The summed E-state index contributed by atoms with van der Waals surface area (Å²) in [4.78, 5) is 25.0. The number of esters is 1. The van der Waals surface area contributed by atoms with E-state index < -0.39 is 11.9 Å². The minimum absolute atomic E-state index is 0.0411. The Morgan fingerprint density at radius 3 is 2.24 bits per heavy atom. The zero-order chi connectivity index (χ0) is 17.8. The number of hydrogen-bond acceptors (Lipinski definition) is 4. The molecule has 2 N–H and O–H groups in total. The highest BCUT2D eigenvalue weighted by atomic mass is 16.5. The van der Waals surface area contributed by atoms with E-state index in [1.807, 2.05) is 6.07 Å². The lowest BCUT2D eigenvalue weighted by molar-refractivity contribution is -0.138. The summed E-state index contributed by atoms with van der Waals surface area (Å²) in [7, 11) is 0. The topological polar surface area (TPSA) is 75.6 Å². The Hall–Kier alpha value is -3.34. The maximum absolute atomic E-state index is 12.5. The van der Waals surface area contributed by atoms with Crippen molar-refractivity contribution in [3.8, 4) is 0 Å². The molecule has 0 aliphatic carbocycles. The minimum atomic E-state index is -0.655. The molecule has 3 rings (SSSR count). The van der Waals surface area contributed by atoms with Crippen LogP contribution < -0.4 is 5.32 Å². The third kappa shape index (κ3) is 3.17. The van der Waals surface area contributed by atoms with Crippen LogP contribution in [0.5, 0.6) is 0 Å². The molecule has 2 aromatic rings. The van der Waals surface area contributed by atoms with Crippen molar-refractivity contribution in [2.75, 3.05) is 6.61 Å². The van der Waals surface area contributed by atoms with Crippen molar-refractivity contribution in [3.63, 3.8) is 0 Å². The van der Waals surface area contributed by atoms with Crippen molar-refractivity contribution in [2.45, 2.75) is 6.92 Å². The fourth-order valence-corrected chi connectivity index (χ4v) is 2.67. The van der Waals surface area contributed by atoms with Gasteiger partial charge in [0.1, 0.15) is 11.3 Å². The molecule has 5 nitrogen and oxygen atoms in total. The van der Waals surface area contributed by atoms with E-state index >= 15 is 0 Å². The normalized spacial score (nSPS) is 15.8. The second-order valence-corrected chi connectivity index (χ2v) is 5.38. The molecule has 0 unspecified atom stereocenters. The Kier molecular flexibility index (Phi) is 4.66. The van der Waals surface area contributed by atoms with Gasteiger partial charge in [0, 0.05) is 5.56 Å². The predicted molar refractivity (Wildman–Crippen MR) is 94.1 cm³/mol. The van der Waals surface area contributed by atoms with E-state index in [0.29, 0.717) is 16.8 Å². The third-order valence-corrected chi connectivity index (χ3v) is 3.79. The van der Waals surface area contributed by atoms with Crippen molar-refractivity contribution in [2.24, 2.45) is 0 Å². The number of aliphatic hydroxyl groups is 1. The van der Waals surface area contributed by atoms with E-state index in [4.69, 9.17) is 4.74 Å². The molecule has 0 spiro atoms. The number of ether oxygens (including phenoxy) is 1. The number of nitrogens with one attached hydrogen (secondary N) is 1. The summed E-state index contributed by atoms with van der Waals surface area (Å²) in [5, 5.41) is 13.3. The van der Waals surface area contributed by atoms with Crippen molar-refractivity contribution in [1.29, 1.82) is 0 Å². The van der Waals surface area contributed by atoms with Crippen LogP contribution in [0.2, 0.25) is 0 Å². The van der Waals surface area contributed by atoms with Crippen LogP contribution in [-0.2, 0) is 14.3 Å². The maximum atomic E-state index is 12.5. The molecular weight excluding hydrogens is 318 g/mol. The Bertz CT molecular complexity index is 867. The molecule has 126 valence electrons. The number of aliphatic hydroxyl groups excluding tert-OH is 1. The maximum Gasteiger partial charge on any atom is 0.341 e. The first-order valence-electron chi connectivity index (χ1n) is 7.90. The van der Waals surface area contributed by atoms with Crippen molar-refractivity contribution in [3.05, 3.63) is 82.9 Å². The largest absolute Gasteiger partial charge is 0.506 e. The summed E-state index contributed by atoms with van der Waals surface area (Å²) < 4.78 is 5.11. The van der Waals surface area contributed by atoms with E-state index in [2.05, 4.69) is 5.32 Å². The van der Waals surface area contributed by atoms with Crippen LogP contribution in [0.1, 0.15) is 18.1 Å². The molecule has 0 bridgehead atoms. The van der Waals surface area contributed by atoms with Crippen LogP contribution in [0.25, 0.3) is 11.5 Å². The second kappa shape index (κ2) is 7.05. The second-order valence-electron chi connectivity index (χ2n) is 5.38. The molecule has 5 heteroatoms. The Morgan fingerprint density at radius 1 is 1.04 bits per heavy atom. The fraction of sp³-hybridized carbons (Fsp3) is 0.100. The first-order chi connectivity index (χ1) is 12.1. The van der Waals surface area contributed by atoms with Gasteiger partial charge in [-0.2, -0.15) is 0 Å². The summed E-state index contributed by atoms with van der Waals surface area (Å²) in [5.41, 5.74) is 1.41. The summed E-state index contributed by atoms with van der Waals surface area (Å²) in [6.45, 7) is 1.85. The molecule has 0 saturated heterocycles. The SMILES string of the molecule is CCOC(=O)C1=C(c2ccccc2)NC(=O)/C1=C(\O)c1ccccc1. The molecule has 1 heterocycles. The van der Waals surface area contributed by atoms with E-state index in [0.717, 1.165) is 0 Å². The zero-order valence-corrected chi connectivity index (χ0v) is 13.7. The summed E-state index contributed by atoms with van der Waals surface area (Å²) in [6, 6.07) is 17.6. The van der Waals surface area contributed by atoms with Crippen LogP contribution in [0.15, 0.2) is 71.8 Å². The van der Waals surface area contributed by atoms with Gasteiger partial charge >= 0.3 is 5.97 Å². The fourth-order valence-electron chi connectivity index (χ4n) is 2.67. The van der Waals surface area contributed by atoms with Gasteiger partial charge in [0.2, 0.25) is 0 Å². The summed E-state index contributed by atoms with van der Waals surface area (Å²) in [6.07, 6.45) is 0. The molecule has 25 heavy (non-hydrogen) atoms. The predicted octanol–water partition coefficient (Wildman–Crippen LogP) is 3.06. The third-order valence-electron chi connectivity index (χ3n) is 3.79. The molecule has 1 aliphatic rings. The van der Waals surface area contributed by atoms with Gasteiger partial charge < -0.3 is 15.2 Å². The van der Waals surface area contributed by atoms with Gasteiger partial charge in [-0.3, -0.25) is 4.79 Å². The highest BCUT2D eigenvalue weighted by molar-refractivity contribution is 6.23. The van der Waals surface area contributed by atoms with Gasteiger partial charge in [-0.15, -0.1) is 0 Å². The summed E-state index contributed by atoms with van der Waals surface area (Å²) in [5.74, 6) is -1.45. The Morgan fingerprint density at radius 2 is 1.64 bits per heavy atom. The molecule has 0 aromatic heterocycles. The molecule has 0 saturated carbocycles. The number of benzene rings is 2. The van der Waals surface area contributed by atoms with Gasteiger partial charge in [0.15, 0.2) is 0 Å². The summed E-state index contributed by atoms with van der Waals surface area (Å²) >= 11 is 0. The van der Waals surface area contributed by atoms with Crippen LogP contribution in [0, 0.1) is 0 Å². The molecule has 2 aromatic carbocycles. The van der Waals surface area contributed by atoms with Gasteiger partial charge in [-0.1, -0.05) is 60.7 Å². The van der Waals surface area contributed by atoms with E-state index in [1.165, 1.54) is 0 Å². The molecule has 1 aliphatic heterocycles. The van der Waals surface area contributed by atoms with E-state index in [-0.39, 0.29) is 23.5 Å². The van der Waals surface area contributed by atoms with Gasteiger partial charge in [-0.05, 0) is 12.5 Å². The quantitative estimate of drug-likeness (QED) is 0.511. The monoisotopic (exact) mass is 335 g/mol.